The molecule has 3 nitrogen and oxygen atoms in total. The van der Waals surface area contributed by atoms with Crippen LogP contribution in [0, 0.1) is 0 Å². The van der Waals surface area contributed by atoms with Gasteiger partial charge in [0.25, 0.3) is 0 Å². The van der Waals surface area contributed by atoms with Crippen LogP contribution in [-0.2, 0) is 12.7 Å². The molecule has 0 amide bonds. The molecule has 0 bridgehead atoms. The monoisotopic (exact) mass is 337 g/mol. The highest BCUT2D eigenvalue weighted by atomic mass is 79.9. The molecule has 0 aliphatic heterocycles. The van der Waals surface area contributed by atoms with Crippen LogP contribution in [-0.4, -0.2) is 10.2 Å². The fraction of sp³-hybridized carbons (Fsp3) is 0.200. The first-order chi connectivity index (χ1) is 8.45. The summed E-state index contributed by atoms with van der Waals surface area (Å²) in [6.07, 6.45) is -4.44. The Morgan fingerprint density at radius 3 is 2.67 bits per heavy atom. The van der Waals surface area contributed by atoms with Gasteiger partial charge in [-0.1, -0.05) is 39.4 Å². The molecule has 0 fully saturated rings. The molecule has 0 atom stereocenters. The Morgan fingerprint density at radius 2 is 2.06 bits per heavy atom. The number of aromatic nitrogens is 2. The molecule has 0 aliphatic rings. The van der Waals surface area contributed by atoms with E-state index in [-0.39, 0.29) is 5.13 Å². The van der Waals surface area contributed by atoms with Crippen molar-refractivity contribution in [2.75, 3.05) is 5.32 Å². The largest absolute Gasteiger partial charge is 0.445 e. The maximum absolute atomic E-state index is 12.3. The molecule has 18 heavy (non-hydrogen) atoms. The second-order valence-corrected chi connectivity index (χ2v) is 5.29. The van der Waals surface area contributed by atoms with E-state index in [4.69, 9.17) is 0 Å². The molecule has 1 aromatic heterocycles. The summed E-state index contributed by atoms with van der Waals surface area (Å²) in [6, 6.07) is 7.46. The first kappa shape index (κ1) is 13.3. The van der Waals surface area contributed by atoms with Crippen LogP contribution in [0.2, 0.25) is 0 Å². The van der Waals surface area contributed by atoms with Gasteiger partial charge >= 0.3 is 6.18 Å². The van der Waals surface area contributed by atoms with Gasteiger partial charge < -0.3 is 5.32 Å². The zero-order chi connectivity index (χ0) is 13.2. The van der Waals surface area contributed by atoms with Gasteiger partial charge in [0.1, 0.15) is 0 Å². The van der Waals surface area contributed by atoms with Crippen molar-refractivity contribution >= 4 is 32.4 Å². The molecule has 1 N–H and O–H groups in total. The second kappa shape index (κ2) is 5.23. The normalized spacial score (nSPS) is 11.6. The Morgan fingerprint density at radius 1 is 1.28 bits per heavy atom. The Balaban J connectivity index is 2.01. The topological polar surface area (TPSA) is 37.8 Å². The summed E-state index contributed by atoms with van der Waals surface area (Å²) in [4.78, 5) is 0. The zero-order valence-corrected chi connectivity index (χ0v) is 11.2. The van der Waals surface area contributed by atoms with Crippen molar-refractivity contribution in [2.45, 2.75) is 12.7 Å². The average molecular weight is 338 g/mol. The second-order valence-electron chi connectivity index (χ2n) is 3.39. The fourth-order valence-electron chi connectivity index (χ4n) is 1.23. The van der Waals surface area contributed by atoms with Crippen LogP contribution in [0.1, 0.15) is 10.6 Å². The lowest BCUT2D eigenvalue weighted by molar-refractivity contribution is -0.138. The van der Waals surface area contributed by atoms with Gasteiger partial charge in [-0.05, 0) is 17.7 Å². The van der Waals surface area contributed by atoms with Gasteiger partial charge in [0, 0.05) is 11.0 Å². The van der Waals surface area contributed by atoms with Crippen LogP contribution in [0.3, 0.4) is 0 Å². The third kappa shape index (κ3) is 3.42. The van der Waals surface area contributed by atoms with Gasteiger partial charge in [0.05, 0.1) is 0 Å². The molecule has 0 unspecified atom stereocenters. The molecular weight excluding hydrogens is 331 g/mol. The van der Waals surface area contributed by atoms with E-state index >= 15 is 0 Å². The van der Waals surface area contributed by atoms with Crippen LogP contribution in [0.4, 0.5) is 18.3 Å². The summed E-state index contributed by atoms with van der Waals surface area (Å²) >= 11 is 3.81. The van der Waals surface area contributed by atoms with Gasteiger partial charge in [-0.15, -0.1) is 10.2 Å². The molecular formula is C10H7BrF3N3S. The minimum atomic E-state index is -4.44. The standard InChI is InChI=1S/C10H7BrF3N3S/c11-7-3-1-2-6(4-7)5-15-9-17-16-8(18-9)10(12,13)14/h1-4H,5H2,(H,15,17). The zero-order valence-electron chi connectivity index (χ0n) is 8.83. The van der Waals surface area contributed by atoms with Gasteiger partial charge in [-0.25, -0.2) is 0 Å². The van der Waals surface area contributed by atoms with E-state index in [0.29, 0.717) is 17.9 Å². The van der Waals surface area contributed by atoms with Gasteiger partial charge in [-0.3, -0.25) is 0 Å². The number of hydrogen-bond donors (Lipinski definition) is 1. The number of hydrogen-bond acceptors (Lipinski definition) is 4. The highest BCUT2D eigenvalue weighted by Gasteiger charge is 2.35. The quantitative estimate of drug-likeness (QED) is 0.921. The van der Waals surface area contributed by atoms with E-state index in [1.807, 2.05) is 24.3 Å². The summed E-state index contributed by atoms with van der Waals surface area (Å²) in [5.74, 6) is 0. The lowest BCUT2D eigenvalue weighted by Gasteiger charge is -2.02. The Kier molecular flexibility index (Phi) is 3.86. The summed E-state index contributed by atoms with van der Waals surface area (Å²) in [5.41, 5.74) is 0.938. The molecule has 0 radical (unpaired) electrons. The van der Waals surface area contributed by atoms with E-state index in [1.165, 1.54) is 0 Å². The number of benzene rings is 1. The van der Waals surface area contributed by atoms with Crippen molar-refractivity contribution in [3.8, 4) is 0 Å². The molecule has 2 rings (SSSR count). The van der Waals surface area contributed by atoms with E-state index in [9.17, 15) is 13.2 Å². The highest BCUT2D eigenvalue weighted by molar-refractivity contribution is 9.10. The lowest BCUT2D eigenvalue weighted by atomic mass is 10.2. The third-order valence-electron chi connectivity index (χ3n) is 2.00. The van der Waals surface area contributed by atoms with E-state index in [1.54, 1.807) is 0 Å². The van der Waals surface area contributed by atoms with Crippen molar-refractivity contribution in [1.29, 1.82) is 0 Å². The van der Waals surface area contributed by atoms with Gasteiger partial charge in [-0.2, -0.15) is 13.2 Å². The van der Waals surface area contributed by atoms with Crippen LogP contribution in [0.15, 0.2) is 28.7 Å². The maximum Gasteiger partial charge on any atom is 0.445 e. The van der Waals surface area contributed by atoms with Crippen LogP contribution in [0.25, 0.3) is 0 Å². The van der Waals surface area contributed by atoms with Gasteiger partial charge in [0.15, 0.2) is 0 Å². The van der Waals surface area contributed by atoms with Gasteiger partial charge in [0.2, 0.25) is 10.1 Å². The fourth-order valence-corrected chi connectivity index (χ4v) is 2.29. The summed E-state index contributed by atoms with van der Waals surface area (Å²) < 4.78 is 37.8. The number of nitrogens with one attached hydrogen (secondary N) is 1. The molecule has 1 aromatic carbocycles. The van der Waals surface area contributed by atoms with Crippen molar-refractivity contribution in [3.63, 3.8) is 0 Å². The molecule has 8 heteroatoms. The predicted molar refractivity (Wildman–Crippen MR) is 66.4 cm³/mol. The van der Waals surface area contributed by atoms with E-state index < -0.39 is 11.2 Å². The summed E-state index contributed by atoms with van der Waals surface area (Å²) in [7, 11) is 0. The van der Waals surface area contributed by atoms with Crippen LogP contribution in [0.5, 0.6) is 0 Å². The van der Waals surface area contributed by atoms with Crippen molar-refractivity contribution in [2.24, 2.45) is 0 Å². The molecule has 0 saturated heterocycles. The molecule has 2 aromatic rings. The lowest BCUT2D eigenvalue weighted by Crippen LogP contribution is -2.03. The summed E-state index contributed by atoms with van der Waals surface area (Å²) in [5, 5.41) is 8.55. The smallest absolute Gasteiger partial charge is 0.356 e. The first-order valence-corrected chi connectivity index (χ1v) is 6.45. The third-order valence-corrected chi connectivity index (χ3v) is 3.42. The minimum Gasteiger partial charge on any atom is -0.356 e. The van der Waals surface area contributed by atoms with Crippen molar-refractivity contribution < 1.29 is 13.2 Å². The average Bonchev–Trinajstić information content (AvgIpc) is 2.74. The molecule has 0 aliphatic carbocycles. The van der Waals surface area contributed by atoms with Crippen LogP contribution >= 0.6 is 27.3 Å². The van der Waals surface area contributed by atoms with Crippen molar-refractivity contribution in [1.82, 2.24) is 10.2 Å². The number of halogens is 4. The van der Waals surface area contributed by atoms with E-state index in [2.05, 4.69) is 31.4 Å². The molecule has 1 heterocycles. The molecule has 0 saturated carbocycles. The number of rotatable bonds is 3. The highest BCUT2D eigenvalue weighted by Crippen LogP contribution is 2.33. The molecule has 96 valence electrons. The Hall–Kier alpha value is -1.15. The van der Waals surface area contributed by atoms with Crippen LogP contribution < -0.4 is 5.32 Å². The Bertz CT molecular complexity index is 541. The number of alkyl halides is 3. The predicted octanol–water partition coefficient (Wildman–Crippen LogP) is 3.93. The Labute approximate surface area is 113 Å². The van der Waals surface area contributed by atoms with Crippen molar-refractivity contribution in [3.05, 3.63) is 39.3 Å². The first-order valence-electron chi connectivity index (χ1n) is 4.84. The number of anilines is 1. The SMILES string of the molecule is FC(F)(F)c1nnc(NCc2cccc(Br)c2)s1. The van der Waals surface area contributed by atoms with E-state index in [0.717, 1.165) is 10.0 Å². The maximum atomic E-state index is 12.3. The number of nitrogens with zero attached hydrogens (tertiary/aromatic N) is 2. The molecule has 0 spiro atoms. The minimum absolute atomic E-state index is 0.155. The summed E-state index contributed by atoms with van der Waals surface area (Å²) in [6.45, 7) is 0.395.